The van der Waals surface area contributed by atoms with E-state index >= 15 is 0 Å². The van der Waals surface area contributed by atoms with Gasteiger partial charge in [-0.1, -0.05) is 29.8 Å². The smallest absolute Gasteiger partial charge is 0.175 e. The van der Waals surface area contributed by atoms with Crippen molar-refractivity contribution in [3.05, 3.63) is 57.6 Å². The summed E-state index contributed by atoms with van der Waals surface area (Å²) in [7, 11) is 0. The lowest BCUT2D eigenvalue weighted by molar-refractivity contribution is 0.110. The highest BCUT2D eigenvalue weighted by Gasteiger charge is 2.16. The summed E-state index contributed by atoms with van der Waals surface area (Å²) in [5.41, 5.74) is 3.54. The fourth-order valence-corrected chi connectivity index (χ4v) is 3.75. The molecule has 4 nitrogen and oxygen atoms in total. The van der Waals surface area contributed by atoms with Gasteiger partial charge in [0.05, 0.1) is 17.2 Å². The third-order valence-electron chi connectivity index (χ3n) is 4.60. The van der Waals surface area contributed by atoms with Crippen LogP contribution in [0.5, 0.6) is 11.5 Å². The van der Waals surface area contributed by atoms with Gasteiger partial charge in [0.1, 0.15) is 6.61 Å². The molecule has 1 saturated heterocycles. The first kappa shape index (κ1) is 20.2. The molecule has 0 spiro atoms. The van der Waals surface area contributed by atoms with Crippen LogP contribution in [0.15, 0.2) is 40.9 Å². The van der Waals surface area contributed by atoms with E-state index in [-0.39, 0.29) is 0 Å². The molecule has 0 saturated carbocycles. The molecule has 3 rings (SSSR count). The first-order valence-corrected chi connectivity index (χ1v) is 10.4. The monoisotopic (exact) mass is 433 g/mol. The number of ether oxygens (including phenoxy) is 3. The Bertz CT molecular complexity index is 727. The third kappa shape index (κ3) is 5.96. The second-order valence-electron chi connectivity index (χ2n) is 6.88. The Morgan fingerprint density at radius 2 is 1.96 bits per heavy atom. The van der Waals surface area contributed by atoms with Gasteiger partial charge < -0.3 is 19.5 Å². The average Bonchev–Trinajstić information content (AvgIpc) is 3.16. The number of rotatable bonds is 9. The van der Waals surface area contributed by atoms with Crippen molar-refractivity contribution >= 4 is 15.9 Å². The molecule has 1 fully saturated rings. The number of hydrogen-bond donors (Lipinski definition) is 1. The summed E-state index contributed by atoms with van der Waals surface area (Å²) in [4.78, 5) is 0. The lowest BCUT2D eigenvalue weighted by Gasteiger charge is -2.16. The number of halogens is 1. The Morgan fingerprint density at radius 3 is 2.67 bits per heavy atom. The molecule has 27 heavy (non-hydrogen) atoms. The van der Waals surface area contributed by atoms with Crippen LogP contribution in [0.3, 0.4) is 0 Å². The van der Waals surface area contributed by atoms with Crippen LogP contribution in [0.1, 0.15) is 36.5 Å². The van der Waals surface area contributed by atoms with E-state index in [4.69, 9.17) is 14.2 Å². The van der Waals surface area contributed by atoms with Crippen LogP contribution in [0.4, 0.5) is 0 Å². The van der Waals surface area contributed by atoms with Crippen LogP contribution in [0.25, 0.3) is 0 Å². The summed E-state index contributed by atoms with van der Waals surface area (Å²) >= 11 is 3.65. The van der Waals surface area contributed by atoms with Crippen LogP contribution in [0, 0.1) is 6.92 Å². The van der Waals surface area contributed by atoms with Crippen molar-refractivity contribution in [3.63, 3.8) is 0 Å². The zero-order chi connectivity index (χ0) is 19.1. The van der Waals surface area contributed by atoms with E-state index in [0.717, 1.165) is 53.2 Å². The fraction of sp³-hybridized carbons (Fsp3) is 0.455. The minimum atomic E-state index is 0.344. The molecule has 0 radical (unpaired) electrons. The predicted molar refractivity (Wildman–Crippen MR) is 112 cm³/mol. The van der Waals surface area contributed by atoms with Crippen LogP contribution in [-0.2, 0) is 17.9 Å². The maximum absolute atomic E-state index is 6.07. The normalized spacial score (nSPS) is 16.5. The van der Waals surface area contributed by atoms with E-state index < -0.39 is 0 Å². The molecule has 0 amide bonds. The largest absolute Gasteiger partial charge is 0.490 e. The van der Waals surface area contributed by atoms with Gasteiger partial charge in [0, 0.05) is 19.7 Å². The van der Waals surface area contributed by atoms with Gasteiger partial charge in [-0.05, 0) is 65.9 Å². The van der Waals surface area contributed by atoms with Gasteiger partial charge >= 0.3 is 0 Å². The SMILES string of the molecule is CCOc1cc(CNC[C@@H]2CCCO2)cc(Br)c1OCc1ccc(C)cc1. The van der Waals surface area contributed by atoms with Gasteiger partial charge in [0.25, 0.3) is 0 Å². The molecule has 0 aliphatic carbocycles. The van der Waals surface area contributed by atoms with Gasteiger partial charge in [-0.2, -0.15) is 0 Å². The van der Waals surface area contributed by atoms with E-state index in [1.54, 1.807) is 0 Å². The molecule has 0 bridgehead atoms. The van der Waals surface area contributed by atoms with Crippen molar-refractivity contribution in [2.75, 3.05) is 19.8 Å². The summed E-state index contributed by atoms with van der Waals surface area (Å²) in [6.07, 6.45) is 2.66. The highest BCUT2D eigenvalue weighted by Crippen LogP contribution is 2.37. The van der Waals surface area contributed by atoms with Crippen molar-refractivity contribution in [3.8, 4) is 11.5 Å². The van der Waals surface area contributed by atoms with Gasteiger partial charge in [-0.3, -0.25) is 0 Å². The zero-order valence-electron chi connectivity index (χ0n) is 16.1. The van der Waals surface area contributed by atoms with Gasteiger partial charge in [0.15, 0.2) is 11.5 Å². The molecule has 2 aromatic carbocycles. The summed E-state index contributed by atoms with van der Waals surface area (Å²) in [6.45, 7) is 7.72. The maximum atomic E-state index is 6.07. The molecule has 1 heterocycles. The Kier molecular flexibility index (Phi) is 7.56. The molecule has 1 aliphatic heterocycles. The second kappa shape index (κ2) is 10.1. The van der Waals surface area contributed by atoms with Crippen molar-refractivity contribution in [2.45, 2.75) is 45.9 Å². The Balaban J connectivity index is 1.64. The lowest BCUT2D eigenvalue weighted by Crippen LogP contribution is -2.25. The van der Waals surface area contributed by atoms with E-state index in [1.807, 2.05) is 6.92 Å². The zero-order valence-corrected chi connectivity index (χ0v) is 17.7. The fourth-order valence-electron chi connectivity index (χ4n) is 3.15. The summed E-state index contributed by atoms with van der Waals surface area (Å²) in [5.74, 6) is 1.52. The topological polar surface area (TPSA) is 39.7 Å². The number of hydrogen-bond acceptors (Lipinski definition) is 4. The highest BCUT2D eigenvalue weighted by atomic mass is 79.9. The Hall–Kier alpha value is -1.56. The number of benzene rings is 2. The second-order valence-corrected chi connectivity index (χ2v) is 7.73. The van der Waals surface area contributed by atoms with Gasteiger partial charge in [-0.15, -0.1) is 0 Å². The van der Waals surface area contributed by atoms with Crippen molar-refractivity contribution in [2.24, 2.45) is 0 Å². The first-order valence-electron chi connectivity index (χ1n) is 9.61. The third-order valence-corrected chi connectivity index (χ3v) is 5.19. The maximum Gasteiger partial charge on any atom is 0.175 e. The van der Waals surface area contributed by atoms with Crippen LogP contribution in [-0.4, -0.2) is 25.9 Å². The predicted octanol–water partition coefficient (Wildman–Crippen LogP) is 5.00. The molecule has 0 unspecified atom stereocenters. The minimum Gasteiger partial charge on any atom is -0.490 e. The number of nitrogens with one attached hydrogen (secondary N) is 1. The van der Waals surface area contributed by atoms with E-state index in [9.17, 15) is 0 Å². The Labute approximate surface area is 170 Å². The van der Waals surface area contributed by atoms with Crippen LogP contribution < -0.4 is 14.8 Å². The van der Waals surface area contributed by atoms with E-state index in [2.05, 4.69) is 64.6 Å². The van der Waals surface area contributed by atoms with E-state index in [0.29, 0.717) is 19.3 Å². The van der Waals surface area contributed by atoms with E-state index in [1.165, 1.54) is 12.0 Å². The minimum absolute atomic E-state index is 0.344. The lowest BCUT2D eigenvalue weighted by atomic mass is 10.1. The van der Waals surface area contributed by atoms with Gasteiger partial charge in [-0.25, -0.2) is 0 Å². The first-order chi connectivity index (χ1) is 13.2. The molecule has 0 aromatic heterocycles. The standard InChI is InChI=1S/C22H28BrNO3/c1-3-25-21-12-18(13-24-14-19-5-4-10-26-19)11-20(23)22(21)27-15-17-8-6-16(2)7-9-17/h6-9,11-12,19,24H,3-5,10,13-15H2,1-2H3/t19-/m0/s1. The summed E-state index contributed by atoms with van der Waals surface area (Å²) in [6, 6.07) is 12.5. The summed E-state index contributed by atoms with van der Waals surface area (Å²) in [5, 5.41) is 3.48. The average molecular weight is 434 g/mol. The van der Waals surface area contributed by atoms with Crippen molar-refractivity contribution in [1.82, 2.24) is 5.32 Å². The van der Waals surface area contributed by atoms with Gasteiger partial charge in [0.2, 0.25) is 0 Å². The Morgan fingerprint density at radius 1 is 1.15 bits per heavy atom. The molecular formula is C22H28BrNO3. The quantitative estimate of drug-likeness (QED) is 0.603. The van der Waals surface area contributed by atoms with Crippen molar-refractivity contribution in [1.29, 1.82) is 0 Å². The molecule has 2 aromatic rings. The molecule has 5 heteroatoms. The molecule has 1 aliphatic rings. The van der Waals surface area contributed by atoms with Crippen LogP contribution >= 0.6 is 15.9 Å². The molecule has 1 atom stereocenters. The molecule has 1 N–H and O–H groups in total. The summed E-state index contributed by atoms with van der Waals surface area (Å²) < 4.78 is 18.5. The highest BCUT2D eigenvalue weighted by molar-refractivity contribution is 9.10. The van der Waals surface area contributed by atoms with Crippen molar-refractivity contribution < 1.29 is 14.2 Å². The molecular weight excluding hydrogens is 406 g/mol. The molecule has 146 valence electrons. The van der Waals surface area contributed by atoms with Crippen LogP contribution in [0.2, 0.25) is 0 Å². The number of aryl methyl sites for hydroxylation is 1.